The minimum atomic E-state index is -0.867. The summed E-state index contributed by atoms with van der Waals surface area (Å²) >= 11 is 0. The summed E-state index contributed by atoms with van der Waals surface area (Å²) in [6.45, 7) is 3.70. The number of alkyl carbamates (subject to hydrolysis) is 2. The molecule has 0 saturated carbocycles. The molecule has 0 aliphatic heterocycles. The Morgan fingerprint density at radius 2 is 1.19 bits per heavy atom. The molecule has 0 radical (unpaired) electrons. The van der Waals surface area contributed by atoms with Gasteiger partial charge in [-0.1, -0.05) is 97.9 Å². The molecule has 0 saturated heterocycles. The van der Waals surface area contributed by atoms with Crippen LogP contribution in [0, 0.1) is 0 Å². The predicted molar refractivity (Wildman–Crippen MR) is 163 cm³/mol. The van der Waals surface area contributed by atoms with Gasteiger partial charge in [0.05, 0.1) is 0 Å². The highest BCUT2D eigenvalue weighted by atomic mass is 16.6. The Bertz CT molecular complexity index is 1290. The van der Waals surface area contributed by atoms with Crippen molar-refractivity contribution >= 4 is 24.0 Å². The van der Waals surface area contributed by atoms with Crippen molar-refractivity contribution in [2.45, 2.75) is 64.4 Å². The van der Waals surface area contributed by atoms with Gasteiger partial charge in [-0.3, -0.25) is 9.59 Å². The number of hydrogen-bond acceptors (Lipinski definition) is 6. The van der Waals surface area contributed by atoms with Gasteiger partial charge in [0.25, 0.3) is 0 Å². The van der Waals surface area contributed by atoms with Gasteiger partial charge < -0.3 is 30.7 Å². The summed E-state index contributed by atoms with van der Waals surface area (Å²) in [7, 11) is 0. The third-order valence-electron chi connectivity index (χ3n) is 6.59. The summed E-state index contributed by atoms with van der Waals surface area (Å²) < 4.78 is 10.5. The average Bonchev–Trinajstić information content (AvgIpc) is 3.02. The van der Waals surface area contributed by atoms with Crippen LogP contribution >= 0.6 is 0 Å². The van der Waals surface area contributed by atoms with E-state index in [1.807, 2.05) is 105 Å². The Morgan fingerprint density at radius 3 is 1.72 bits per heavy atom. The zero-order valence-electron chi connectivity index (χ0n) is 24.6. The minimum Gasteiger partial charge on any atom is -0.445 e. The first-order chi connectivity index (χ1) is 20.8. The smallest absolute Gasteiger partial charge is 0.408 e. The number of ether oxygens (including phenoxy) is 2. The van der Waals surface area contributed by atoms with Gasteiger partial charge in [0.2, 0.25) is 11.8 Å². The maximum absolute atomic E-state index is 13.3. The van der Waals surface area contributed by atoms with E-state index in [4.69, 9.17) is 9.47 Å². The van der Waals surface area contributed by atoms with E-state index in [2.05, 4.69) is 21.3 Å². The molecule has 10 nitrogen and oxygen atoms in total. The normalized spacial score (nSPS) is 12.6. The number of nitrogens with one attached hydrogen (secondary N) is 4. The second-order valence-corrected chi connectivity index (χ2v) is 10.2. The third kappa shape index (κ3) is 12.7. The Labute approximate surface area is 252 Å². The zero-order valence-corrected chi connectivity index (χ0v) is 24.6. The molecule has 228 valence electrons. The molecule has 10 heteroatoms. The summed E-state index contributed by atoms with van der Waals surface area (Å²) in [6, 6.07) is 26.5. The van der Waals surface area contributed by atoms with Crippen LogP contribution in [0.1, 0.15) is 43.4 Å². The lowest BCUT2D eigenvalue weighted by molar-refractivity contribution is -0.123. The predicted octanol–water partition coefficient (Wildman–Crippen LogP) is 4.24. The number of carbonyl (C=O) groups excluding carboxylic acids is 4. The molecule has 0 bridgehead atoms. The lowest BCUT2D eigenvalue weighted by Gasteiger charge is -2.25. The third-order valence-corrected chi connectivity index (χ3v) is 6.59. The van der Waals surface area contributed by atoms with Crippen LogP contribution in [0.15, 0.2) is 91.0 Å². The Morgan fingerprint density at radius 1 is 0.674 bits per heavy atom. The first-order valence-electron chi connectivity index (χ1n) is 14.4. The molecule has 4 N–H and O–H groups in total. The van der Waals surface area contributed by atoms with Gasteiger partial charge in [0, 0.05) is 18.5 Å². The van der Waals surface area contributed by atoms with Gasteiger partial charge in [-0.2, -0.15) is 0 Å². The standard InChI is InChI=1S/C33H40N4O6/c1-3-28(36-30(38)21-34-32(40)42-22-26-15-9-5-10-16-26)19-24(2)35-31(39)29(20-25-13-7-4-8-14-25)37-33(41)43-23-27-17-11-6-12-18-27/h4-18,24,28-29H,3,19-23H2,1-2H3,(H,34,40)(H,35,39)(H,36,38)(H,37,41)/t24?,28?,29-/m0/s1. The molecule has 0 heterocycles. The maximum atomic E-state index is 13.3. The number of rotatable bonds is 15. The first kappa shape index (κ1) is 32.7. The van der Waals surface area contributed by atoms with Crippen LogP contribution in [0.3, 0.4) is 0 Å². The summed E-state index contributed by atoms with van der Waals surface area (Å²) in [5.41, 5.74) is 2.56. The van der Waals surface area contributed by atoms with E-state index in [0.717, 1.165) is 16.7 Å². The van der Waals surface area contributed by atoms with Crippen LogP contribution in [0.4, 0.5) is 9.59 Å². The maximum Gasteiger partial charge on any atom is 0.408 e. The zero-order chi connectivity index (χ0) is 30.9. The number of hydrogen-bond donors (Lipinski definition) is 4. The van der Waals surface area contributed by atoms with Gasteiger partial charge in [-0.15, -0.1) is 0 Å². The number of benzene rings is 3. The highest BCUT2D eigenvalue weighted by molar-refractivity contribution is 5.86. The topological polar surface area (TPSA) is 135 Å². The van der Waals surface area contributed by atoms with E-state index in [1.54, 1.807) is 0 Å². The molecule has 0 aromatic heterocycles. The molecule has 0 aliphatic rings. The van der Waals surface area contributed by atoms with Gasteiger partial charge in [0.1, 0.15) is 25.8 Å². The quantitative estimate of drug-likeness (QED) is 0.210. The fourth-order valence-corrected chi connectivity index (χ4v) is 4.33. The van der Waals surface area contributed by atoms with Crippen molar-refractivity contribution in [3.8, 4) is 0 Å². The molecule has 0 spiro atoms. The monoisotopic (exact) mass is 588 g/mol. The summed E-state index contributed by atoms with van der Waals surface area (Å²) in [5, 5.41) is 11.0. The van der Waals surface area contributed by atoms with E-state index >= 15 is 0 Å². The van der Waals surface area contributed by atoms with Gasteiger partial charge in [0.15, 0.2) is 0 Å². The molecule has 3 atom stereocenters. The Hall–Kier alpha value is -4.86. The molecular formula is C33H40N4O6. The van der Waals surface area contributed by atoms with E-state index < -0.39 is 18.2 Å². The van der Waals surface area contributed by atoms with Crippen molar-refractivity contribution in [3.63, 3.8) is 0 Å². The molecule has 43 heavy (non-hydrogen) atoms. The van der Waals surface area contributed by atoms with Crippen LogP contribution in [-0.2, 0) is 38.7 Å². The van der Waals surface area contributed by atoms with Crippen LogP contribution < -0.4 is 21.3 Å². The van der Waals surface area contributed by atoms with Crippen molar-refractivity contribution in [3.05, 3.63) is 108 Å². The van der Waals surface area contributed by atoms with Gasteiger partial charge in [-0.05, 0) is 36.5 Å². The Kier molecular flexibility index (Phi) is 13.5. The summed E-state index contributed by atoms with van der Waals surface area (Å²) in [4.78, 5) is 50.3. The summed E-state index contributed by atoms with van der Waals surface area (Å²) in [6.07, 6.45) is -0.0435. The van der Waals surface area contributed by atoms with Crippen molar-refractivity contribution < 1.29 is 28.7 Å². The fourth-order valence-electron chi connectivity index (χ4n) is 4.33. The van der Waals surface area contributed by atoms with Crippen molar-refractivity contribution in [1.82, 2.24) is 21.3 Å². The fraction of sp³-hybridized carbons (Fsp3) is 0.333. The van der Waals surface area contributed by atoms with Crippen LogP contribution in [0.2, 0.25) is 0 Å². The molecule has 3 aromatic carbocycles. The molecule has 4 amide bonds. The molecular weight excluding hydrogens is 548 g/mol. The number of carbonyl (C=O) groups is 4. The van der Waals surface area contributed by atoms with Crippen molar-refractivity contribution in [2.75, 3.05) is 6.54 Å². The lowest BCUT2D eigenvalue weighted by atomic mass is 10.0. The molecule has 3 rings (SSSR count). The highest BCUT2D eigenvalue weighted by Gasteiger charge is 2.24. The lowest BCUT2D eigenvalue weighted by Crippen LogP contribution is -2.51. The summed E-state index contributed by atoms with van der Waals surface area (Å²) in [5.74, 6) is -0.733. The molecule has 3 aromatic rings. The van der Waals surface area contributed by atoms with Crippen LogP contribution in [0.25, 0.3) is 0 Å². The largest absolute Gasteiger partial charge is 0.445 e. The van der Waals surface area contributed by atoms with E-state index in [9.17, 15) is 19.2 Å². The molecule has 0 fully saturated rings. The van der Waals surface area contributed by atoms with Gasteiger partial charge in [-0.25, -0.2) is 9.59 Å². The van der Waals surface area contributed by atoms with E-state index in [-0.39, 0.29) is 50.1 Å². The second kappa shape index (κ2) is 17.8. The van der Waals surface area contributed by atoms with E-state index in [0.29, 0.717) is 12.8 Å². The van der Waals surface area contributed by atoms with E-state index in [1.165, 1.54) is 0 Å². The molecule has 2 unspecified atom stereocenters. The average molecular weight is 589 g/mol. The SMILES string of the molecule is CCC(CC(C)NC(=O)[C@H](Cc1ccccc1)NC(=O)OCc1ccccc1)NC(=O)CNC(=O)OCc1ccccc1. The highest BCUT2D eigenvalue weighted by Crippen LogP contribution is 2.08. The van der Waals surface area contributed by atoms with Crippen LogP contribution in [0.5, 0.6) is 0 Å². The first-order valence-corrected chi connectivity index (χ1v) is 14.4. The minimum absolute atomic E-state index is 0.0836. The van der Waals surface area contributed by atoms with Crippen molar-refractivity contribution in [1.29, 1.82) is 0 Å². The second-order valence-electron chi connectivity index (χ2n) is 10.2. The van der Waals surface area contributed by atoms with Crippen LogP contribution in [-0.4, -0.2) is 48.7 Å². The number of amides is 4. The molecule has 0 aliphatic carbocycles. The van der Waals surface area contributed by atoms with Crippen molar-refractivity contribution in [2.24, 2.45) is 0 Å². The Balaban J connectivity index is 1.47. The van der Waals surface area contributed by atoms with Gasteiger partial charge >= 0.3 is 12.2 Å².